The molecule has 6 heteroatoms. The SMILES string of the molecule is CC1CCCCC1CNc1ccc([N+](=O)[O-])cc1C(F)F. The van der Waals surface area contributed by atoms with Gasteiger partial charge >= 0.3 is 0 Å². The van der Waals surface area contributed by atoms with E-state index in [-0.39, 0.29) is 11.3 Å². The molecule has 1 fully saturated rings. The van der Waals surface area contributed by atoms with Gasteiger partial charge in [-0.2, -0.15) is 0 Å². The van der Waals surface area contributed by atoms with E-state index in [1.54, 1.807) is 0 Å². The van der Waals surface area contributed by atoms with E-state index in [1.807, 2.05) is 0 Å². The fourth-order valence-electron chi connectivity index (χ4n) is 2.94. The first-order valence-corrected chi connectivity index (χ1v) is 7.29. The Balaban J connectivity index is 2.10. The van der Waals surface area contributed by atoms with Crippen LogP contribution < -0.4 is 5.32 Å². The lowest BCUT2D eigenvalue weighted by Crippen LogP contribution is -2.24. The van der Waals surface area contributed by atoms with Gasteiger partial charge in [-0.1, -0.05) is 26.2 Å². The first-order chi connectivity index (χ1) is 9.99. The molecule has 1 aliphatic carbocycles. The van der Waals surface area contributed by atoms with Crippen LogP contribution in [0.25, 0.3) is 0 Å². The van der Waals surface area contributed by atoms with Crippen LogP contribution in [-0.2, 0) is 0 Å². The van der Waals surface area contributed by atoms with Crippen LogP contribution in [-0.4, -0.2) is 11.5 Å². The first-order valence-electron chi connectivity index (χ1n) is 7.29. The topological polar surface area (TPSA) is 55.2 Å². The number of nitrogens with one attached hydrogen (secondary N) is 1. The minimum Gasteiger partial charge on any atom is -0.384 e. The molecule has 1 aromatic carbocycles. The summed E-state index contributed by atoms with van der Waals surface area (Å²) in [5.74, 6) is 1.05. The number of nitro groups is 1. The van der Waals surface area contributed by atoms with E-state index < -0.39 is 11.3 Å². The summed E-state index contributed by atoms with van der Waals surface area (Å²) in [4.78, 5) is 10.0. The van der Waals surface area contributed by atoms with Crippen molar-refractivity contribution in [3.63, 3.8) is 0 Å². The van der Waals surface area contributed by atoms with Crippen molar-refractivity contribution in [2.45, 2.75) is 39.0 Å². The van der Waals surface area contributed by atoms with Crippen molar-refractivity contribution in [2.24, 2.45) is 11.8 Å². The number of non-ortho nitro benzene ring substituents is 1. The Morgan fingerprint density at radius 3 is 2.71 bits per heavy atom. The molecule has 0 aromatic heterocycles. The van der Waals surface area contributed by atoms with Crippen LogP contribution in [0, 0.1) is 22.0 Å². The lowest BCUT2D eigenvalue weighted by molar-refractivity contribution is -0.385. The minimum absolute atomic E-state index is 0.298. The van der Waals surface area contributed by atoms with Crippen LogP contribution >= 0.6 is 0 Å². The maximum atomic E-state index is 13.1. The molecule has 2 atom stereocenters. The van der Waals surface area contributed by atoms with Crippen LogP contribution in [0.15, 0.2) is 18.2 Å². The van der Waals surface area contributed by atoms with Gasteiger partial charge in [0.05, 0.1) is 4.92 Å². The molecule has 21 heavy (non-hydrogen) atoms. The summed E-state index contributed by atoms with van der Waals surface area (Å²) >= 11 is 0. The van der Waals surface area contributed by atoms with Gasteiger partial charge in [0, 0.05) is 29.9 Å². The molecule has 116 valence electrons. The van der Waals surface area contributed by atoms with Crippen molar-refractivity contribution < 1.29 is 13.7 Å². The minimum atomic E-state index is -2.73. The van der Waals surface area contributed by atoms with Gasteiger partial charge in [0.1, 0.15) is 0 Å². The van der Waals surface area contributed by atoms with Crippen molar-refractivity contribution in [1.29, 1.82) is 0 Å². The van der Waals surface area contributed by atoms with E-state index in [0.717, 1.165) is 12.5 Å². The van der Waals surface area contributed by atoms with E-state index in [4.69, 9.17) is 0 Å². The molecule has 0 radical (unpaired) electrons. The lowest BCUT2D eigenvalue weighted by Gasteiger charge is -2.29. The zero-order chi connectivity index (χ0) is 15.4. The van der Waals surface area contributed by atoms with E-state index in [1.165, 1.54) is 31.4 Å². The Bertz CT molecular complexity index is 508. The molecule has 0 aliphatic heterocycles. The smallest absolute Gasteiger partial charge is 0.270 e. The van der Waals surface area contributed by atoms with Gasteiger partial charge in [-0.3, -0.25) is 10.1 Å². The third-order valence-corrected chi connectivity index (χ3v) is 4.32. The molecular weight excluding hydrogens is 278 g/mol. The second kappa shape index (κ2) is 6.83. The molecule has 1 N–H and O–H groups in total. The Labute approximate surface area is 122 Å². The summed E-state index contributed by atoms with van der Waals surface area (Å²) in [5.41, 5.74) is -0.303. The highest BCUT2D eigenvalue weighted by Gasteiger charge is 2.23. The Morgan fingerprint density at radius 2 is 2.10 bits per heavy atom. The van der Waals surface area contributed by atoms with Crippen LogP contribution in [0.1, 0.15) is 44.6 Å². The highest BCUT2D eigenvalue weighted by Crippen LogP contribution is 2.33. The maximum absolute atomic E-state index is 13.1. The molecule has 1 aliphatic rings. The highest BCUT2D eigenvalue weighted by molar-refractivity contribution is 5.56. The van der Waals surface area contributed by atoms with Gasteiger partial charge in [-0.15, -0.1) is 0 Å². The van der Waals surface area contributed by atoms with Crippen LogP contribution in [0.2, 0.25) is 0 Å². The summed E-state index contributed by atoms with van der Waals surface area (Å²) in [6.07, 6.45) is 1.96. The van der Waals surface area contributed by atoms with Crippen molar-refractivity contribution in [3.05, 3.63) is 33.9 Å². The number of hydrogen-bond acceptors (Lipinski definition) is 3. The molecule has 0 bridgehead atoms. The molecule has 2 rings (SSSR count). The Morgan fingerprint density at radius 1 is 1.38 bits per heavy atom. The van der Waals surface area contributed by atoms with Gasteiger partial charge in [-0.25, -0.2) is 8.78 Å². The second-order valence-corrected chi connectivity index (χ2v) is 5.73. The van der Waals surface area contributed by atoms with Crippen molar-refractivity contribution in [2.75, 3.05) is 11.9 Å². The normalized spacial score (nSPS) is 22.3. The van der Waals surface area contributed by atoms with Crippen molar-refractivity contribution in [1.82, 2.24) is 0 Å². The number of nitro benzene ring substituents is 1. The molecule has 0 saturated heterocycles. The number of halogens is 2. The zero-order valence-corrected chi connectivity index (χ0v) is 12.0. The van der Waals surface area contributed by atoms with Crippen LogP contribution in [0.4, 0.5) is 20.2 Å². The average Bonchev–Trinajstić information content (AvgIpc) is 2.46. The van der Waals surface area contributed by atoms with E-state index in [9.17, 15) is 18.9 Å². The number of benzene rings is 1. The quantitative estimate of drug-likeness (QED) is 0.629. The molecule has 0 heterocycles. The second-order valence-electron chi connectivity index (χ2n) is 5.73. The zero-order valence-electron chi connectivity index (χ0n) is 12.0. The third-order valence-electron chi connectivity index (χ3n) is 4.32. The molecule has 2 unspecified atom stereocenters. The molecule has 4 nitrogen and oxygen atoms in total. The Hall–Kier alpha value is -1.72. The average molecular weight is 298 g/mol. The summed E-state index contributed by atoms with van der Waals surface area (Å²) in [7, 11) is 0. The number of hydrogen-bond donors (Lipinski definition) is 1. The van der Waals surface area contributed by atoms with Crippen molar-refractivity contribution >= 4 is 11.4 Å². The summed E-state index contributed by atoms with van der Waals surface area (Å²) in [6, 6.07) is 3.60. The number of nitrogens with zero attached hydrogens (tertiary/aromatic N) is 1. The van der Waals surface area contributed by atoms with E-state index in [0.29, 0.717) is 24.1 Å². The van der Waals surface area contributed by atoms with Crippen LogP contribution in [0.5, 0.6) is 0 Å². The summed E-state index contributed by atoms with van der Waals surface area (Å²) in [6.45, 7) is 2.83. The van der Waals surface area contributed by atoms with Gasteiger partial charge in [0.2, 0.25) is 0 Å². The molecule has 0 amide bonds. The maximum Gasteiger partial charge on any atom is 0.270 e. The number of anilines is 1. The monoisotopic (exact) mass is 298 g/mol. The van der Waals surface area contributed by atoms with Gasteiger partial charge in [0.25, 0.3) is 12.1 Å². The Kier molecular flexibility index (Phi) is 5.09. The third kappa shape index (κ3) is 3.89. The van der Waals surface area contributed by atoms with Gasteiger partial charge < -0.3 is 5.32 Å². The highest BCUT2D eigenvalue weighted by atomic mass is 19.3. The van der Waals surface area contributed by atoms with Gasteiger partial charge in [0.15, 0.2) is 0 Å². The molecular formula is C15H20F2N2O2. The predicted molar refractivity (Wildman–Crippen MR) is 77.7 cm³/mol. The fourth-order valence-corrected chi connectivity index (χ4v) is 2.94. The molecule has 1 aromatic rings. The number of alkyl halides is 2. The molecule has 1 saturated carbocycles. The van der Waals surface area contributed by atoms with E-state index in [2.05, 4.69) is 12.2 Å². The van der Waals surface area contributed by atoms with Crippen molar-refractivity contribution in [3.8, 4) is 0 Å². The predicted octanol–water partition coefficient (Wildman–Crippen LogP) is 4.77. The van der Waals surface area contributed by atoms with Crippen LogP contribution in [0.3, 0.4) is 0 Å². The number of rotatable bonds is 5. The van der Waals surface area contributed by atoms with Gasteiger partial charge in [-0.05, 0) is 24.3 Å². The van der Waals surface area contributed by atoms with E-state index >= 15 is 0 Å². The largest absolute Gasteiger partial charge is 0.384 e. The first kappa shape index (κ1) is 15.7. The summed E-state index contributed by atoms with van der Waals surface area (Å²) in [5, 5.41) is 13.7. The molecule has 0 spiro atoms. The summed E-state index contributed by atoms with van der Waals surface area (Å²) < 4.78 is 26.1. The lowest BCUT2D eigenvalue weighted by atomic mass is 9.80. The fraction of sp³-hybridized carbons (Fsp3) is 0.600. The standard InChI is InChI=1S/C15H20F2N2O2/c1-10-4-2-3-5-11(10)9-18-14-7-6-12(19(20)21)8-13(14)15(16)17/h6-8,10-11,15,18H,2-5,9H2,1H3.